The Hall–Kier alpha value is -1.72. The minimum atomic E-state index is -0.732. The Labute approximate surface area is 60.2 Å². The Bertz CT molecular complexity index is 443. The average Bonchev–Trinajstić information content (AvgIpc) is 2.32. The van der Waals surface area contributed by atoms with Crippen LogP contribution in [0.5, 0.6) is 0 Å². The van der Waals surface area contributed by atoms with E-state index in [4.69, 9.17) is 0 Å². The second-order valence-corrected chi connectivity index (χ2v) is 2.07. The van der Waals surface area contributed by atoms with E-state index >= 15 is 0 Å². The highest BCUT2D eigenvalue weighted by Gasteiger charge is 2.04. The fraction of sp³-hybridized carbons (Fsp3) is 0.200. The molecule has 0 fully saturated rings. The molecule has 0 radical (unpaired) electrons. The van der Waals surface area contributed by atoms with Gasteiger partial charge in [-0.2, -0.15) is 0 Å². The van der Waals surface area contributed by atoms with E-state index in [0.717, 1.165) is 5.69 Å². The van der Waals surface area contributed by atoms with Gasteiger partial charge in [0.1, 0.15) is 0 Å². The molecule has 56 valence electrons. The van der Waals surface area contributed by atoms with Crippen molar-refractivity contribution < 1.29 is 4.42 Å². The summed E-state index contributed by atoms with van der Waals surface area (Å²) in [5.41, 5.74) is 1.42. The third-order valence-electron chi connectivity index (χ3n) is 1.30. The van der Waals surface area contributed by atoms with E-state index < -0.39 is 5.76 Å². The zero-order valence-corrected chi connectivity index (χ0v) is 5.66. The summed E-state index contributed by atoms with van der Waals surface area (Å²) >= 11 is 0. The predicted molar refractivity (Wildman–Crippen MR) is 35.0 cm³/mol. The number of rotatable bonds is 0. The van der Waals surface area contributed by atoms with E-state index in [1.165, 1.54) is 0 Å². The van der Waals surface area contributed by atoms with Gasteiger partial charge in [0.05, 0.1) is 5.69 Å². The zero-order valence-electron chi connectivity index (χ0n) is 5.66. The third kappa shape index (κ3) is 0.794. The summed E-state index contributed by atoms with van der Waals surface area (Å²) in [5.74, 6) is -0.732. The van der Waals surface area contributed by atoms with Crippen LogP contribution in [0, 0.1) is 6.92 Å². The first-order valence-corrected chi connectivity index (χ1v) is 2.96. The van der Waals surface area contributed by atoms with Crippen molar-refractivity contribution in [1.82, 2.24) is 20.4 Å². The van der Waals surface area contributed by atoms with Crippen LogP contribution in [0.1, 0.15) is 5.69 Å². The predicted octanol–water partition coefficient (Wildman–Crippen LogP) is -0.385. The first-order valence-electron chi connectivity index (χ1n) is 2.96. The molecular weight excluding hydrogens is 148 g/mol. The second kappa shape index (κ2) is 1.88. The highest BCUT2D eigenvalue weighted by Crippen LogP contribution is 2.06. The minimum absolute atomic E-state index is 0.197. The summed E-state index contributed by atoms with van der Waals surface area (Å²) in [4.78, 5) is 10.5. The normalized spacial score (nSPS) is 10.6. The summed E-state index contributed by atoms with van der Waals surface area (Å²) in [6.45, 7) is 1.77. The van der Waals surface area contributed by atoms with Gasteiger partial charge in [0.25, 0.3) is 5.71 Å². The molecule has 2 heterocycles. The summed E-state index contributed by atoms with van der Waals surface area (Å²) < 4.78 is 4.61. The molecule has 6 nitrogen and oxygen atoms in total. The largest absolute Gasteiger partial charge is 0.459 e. The highest BCUT2D eigenvalue weighted by molar-refractivity contribution is 5.68. The van der Waals surface area contributed by atoms with Gasteiger partial charge >= 0.3 is 5.76 Å². The van der Waals surface area contributed by atoms with Gasteiger partial charge in [0, 0.05) is 0 Å². The number of fused-ring (bicyclic) bond motifs is 1. The molecule has 0 atom stereocenters. The Morgan fingerprint density at radius 2 is 2.27 bits per heavy atom. The van der Waals surface area contributed by atoms with Gasteiger partial charge in [-0.1, -0.05) is 5.10 Å². The highest BCUT2D eigenvalue weighted by atomic mass is 16.4. The molecule has 0 bridgehead atoms. The molecule has 0 saturated carbocycles. The van der Waals surface area contributed by atoms with Gasteiger partial charge in [-0.15, -0.1) is 10.2 Å². The van der Waals surface area contributed by atoms with Gasteiger partial charge in [0.15, 0.2) is 5.52 Å². The minimum Gasteiger partial charge on any atom is -0.384 e. The molecule has 2 rings (SSSR count). The molecule has 1 N–H and O–H groups in total. The van der Waals surface area contributed by atoms with E-state index in [1.54, 1.807) is 6.92 Å². The number of nitrogens with one attached hydrogen (secondary N) is 1. The molecule has 0 aromatic carbocycles. The van der Waals surface area contributed by atoms with Gasteiger partial charge in [0.2, 0.25) is 0 Å². The van der Waals surface area contributed by atoms with E-state index in [9.17, 15) is 4.79 Å². The van der Waals surface area contributed by atoms with Crippen molar-refractivity contribution in [2.24, 2.45) is 0 Å². The van der Waals surface area contributed by atoms with Crippen LogP contribution in [0.25, 0.3) is 11.2 Å². The number of aromatic nitrogens is 4. The maximum Gasteiger partial charge on any atom is 0.459 e. The van der Waals surface area contributed by atoms with E-state index in [0.29, 0.717) is 5.52 Å². The summed E-state index contributed by atoms with van der Waals surface area (Å²) in [6, 6.07) is 0. The number of H-pyrrole nitrogens is 1. The number of nitrogens with zero attached hydrogens (tertiary/aromatic N) is 3. The Morgan fingerprint density at radius 1 is 1.45 bits per heavy atom. The van der Waals surface area contributed by atoms with Crippen LogP contribution in [0.3, 0.4) is 0 Å². The monoisotopic (exact) mass is 152 g/mol. The van der Waals surface area contributed by atoms with E-state index in [2.05, 4.69) is 24.8 Å². The molecule has 11 heavy (non-hydrogen) atoms. The standard InChI is InChI=1S/C5H4N4O2/c1-2-3-4(8-6-2)11-5(10)9-7-3/h1H3,(H,6,8). The van der Waals surface area contributed by atoms with Gasteiger partial charge < -0.3 is 4.42 Å². The average molecular weight is 152 g/mol. The zero-order chi connectivity index (χ0) is 7.84. The smallest absolute Gasteiger partial charge is 0.384 e. The molecule has 0 amide bonds. The summed E-state index contributed by atoms with van der Waals surface area (Å²) in [6.07, 6.45) is 0. The van der Waals surface area contributed by atoms with Gasteiger partial charge in [-0.25, -0.2) is 4.79 Å². The molecule has 0 aliphatic carbocycles. The van der Waals surface area contributed by atoms with Crippen molar-refractivity contribution in [1.29, 1.82) is 0 Å². The van der Waals surface area contributed by atoms with Crippen LogP contribution in [0.2, 0.25) is 0 Å². The van der Waals surface area contributed by atoms with Crippen molar-refractivity contribution in [3.8, 4) is 0 Å². The van der Waals surface area contributed by atoms with Crippen molar-refractivity contribution in [3.63, 3.8) is 0 Å². The lowest BCUT2D eigenvalue weighted by atomic mass is 10.4. The quantitative estimate of drug-likeness (QED) is 0.555. The lowest BCUT2D eigenvalue weighted by molar-refractivity contribution is 0.505. The van der Waals surface area contributed by atoms with Crippen molar-refractivity contribution >= 4 is 11.2 Å². The van der Waals surface area contributed by atoms with E-state index in [1.807, 2.05) is 0 Å². The molecule has 0 unspecified atom stereocenters. The fourth-order valence-electron chi connectivity index (χ4n) is 0.784. The van der Waals surface area contributed by atoms with Crippen molar-refractivity contribution in [3.05, 3.63) is 16.2 Å². The molecule has 0 saturated heterocycles. The first kappa shape index (κ1) is 6.02. The molecule has 0 aliphatic heterocycles. The van der Waals surface area contributed by atoms with Gasteiger partial charge in [-0.3, -0.25) is 5.10 Å². The summed E-state index contributed by atoms with van der Waals surface area (Å²) in [5, 5.41) is 13.1. The Morgan fingerprint density at radius 3 is 3.09 bits per heavy atom. The fourth-order valence-corrected chi connectivity index (χ4v) is 0.784. The second-order valence-electron chi connectivity index (χ2n) is 2.07. The molecule has 0 spiro atoms. The number of aromatic amines is 1. The third-order valence-corrected chi connectivity index (χ3v) is 1.30. The number of aryl methyl sites for hydroxylation is 1. The van der Waals surface area contributed by atoms with Crippen molar-refractivity contribution in [2.45, 2.75) is 6.92 Å². The molecule has 2 aromatic rings. The van der Waals surface area contributed by atoms with Crippen LogP contribution >= 0.6 is 0 Å². The lowest BCUT2D eigenvalue weighted by Crippen LogP contribution is -2.04. The SMILES string of the molecule is Cc1[nH]nc2oc(=O)nnc12. The van der Waals surface area contributed by atoms with Gasteiger partial charge in [-0.05, 0) is 6.92 Å². The van der Waals surface area contributed by atoms with Crippen molar-refractivity contribution in [2.75, 3.05) is 0 Å². The van der Waals surface area contributed by atoms with Crippen LogP contribution in [0.4, 0.5) is 0 Å². The maximum atomic E-state index is 10.5. The number of hydrogen-bond donors (Lipinski definition) is 1. The first-order chi connectivity index (χ1) is 5.27. The van der Waals surface area contributed by atoms with E-state index in [-0.39, 0.29) is 5.71 Å². The lowest BCUT2D eigenvalue weighted by Gasteiger charge is -1.81. The molecule has 2 aromatic heterocycles. The van der Waals surface area contributed by atoms with Crippen LogP contribution in [0.15, 0.2) is 9.21 Å². The topological polar surface area (TPSA) is 84.7 Å². The van der Waals surface area contributed by atoms with Crippen LogP contribution in [-0.4, -0.2) is 20.4 Å². The van der Waals surface area contributed by atoms with Crippen LogP contribution < -0.4 is 5.76 Å². The number of hydrogen-bond acceptors (Lipinski definition) is 5. The molecule has 6 heteroatoms. The maximum absolute atomic E-state index is 10.5. The molecule has 0 aliphatic rings. The van der Waals surface area contributed by atoms with Crippen LogP contribution in [-0.2, 0) is 0 Å². The molecular formula is C5H4N4O2. The Balaban J connectivity index is 2.96. The summed E-state index contributed by atoms with van der Waals surface area (Å²) in [7, 11) is 0. The Kier molecular flexibility index (Phi) is 1.03.